The second-order valence-corrected chi connectivity index (χ2v) is 8.33. The van der Waals surface area contributed by atoms with Crippen molar-refractivity contribution in [3.8, 4) is 0 Å². The maximum absolute atomic E-state index is 12.6. The van der Waals surface area contributed by atoms with Gasteiger partial charge in [-0.25, -0.2) is 13.1 Å². The number of sulfonamides is 1. The maximum Gasteiger partial charge on any atom is 0.240 e. The van der Waals surface area contributed by atoms with Crippen molar-refractivity contribution in [1.29, 1.82) is 0 Å². The summed E-state index contributed by atoms with van der Waals surface area (Å²) in [6.07, 6.45) is 4.04. The van der Waals surface area contributed by atoms with Crippen LogP contribution in [-0.4, -0.2) is 21.0 Å². The highest BCUT2D eigenvalue weighted by atomic mass is 32.2. The summed E-state index contributed by atoms with van der Waals surface area (Å²) in [4.78, 5) is 0.399. The Morgan fingerprint density at radius 2 is 2.05 bits per heavy atom. The first-order valence-corrected chi connectivity index (χ1v) is 9.33. The molecule has 0 spiro atoms. The van der Waals surface area contributed by atoms with Crippen molar-refractivity contribution in [1.82, 2.24) is 4.72 Å². The van der Waals surface area contributed by atoms with E-state index in [0.29, 0.717) is 16.7 Å². The van der Waals surface area contributed by atoms with Gasteiger partial charge in [0.2, 0.25) is 10.0 Å². The number of benzene rings is 1. The zero-order chi connectivity index (χ0) is 15.0. The quantitative estimate of drug-likeness (QED) is 0.902. The second-order valence-electron chi connectivity index (χ2n) is 6.62. The minimum atomic E-state index is -3.41. The molecule has 0 amide bonds. The highest BCUT2D eigenvalue weighted by molar-refractivity contribution is 7.89. The van der Waals surface area contributed by atoms with E-state index in [1.54, 1.807) is 6.07 Å². The van der Waals surface area contributed by atoms with Crippen LogP contribution in [0.15, 0.2) is 23.1 Å². The van der Waals surface area contributed by atoms with Gasteiger partial charge in [0.05, 0.1) is 4.90 Å². The molecule has 1 saturated carbocycles. The third-order valence-corrected chi connectivity index (χ3v) is 6.32. The van der Waals surface area contributed by atoms with Crippen molar-refractivity contribution in [3.05, 3.63) is 23.8 Å². The Morgan fingerprint density at radius 1 is 1.24 bits per heavy atom. The highest BCUT2D eigenvalue weighted by Crippen LogP contribution is 2.30. The Balaban J connectivity index is 1.78. The molecule has 1 aromatic rings. The number of anilines is 1. The first-order chi connectivity index (χ1) is 9.95. The van der Waals surface area contributed by atoms with Gasteiger partial charge >= 0.3 is 0 Å². The molecule has 3 rings (SSSR count). The predicted molar refractivity (Wildman–Crippen MR) is 84.9 cm³/mol. The normalized spacial score (nSPS) is 29.0. The Bertz CT molecular complexity index is 627. The monoisotopic (exact) mass is 308 g/mol. The fourth-order valence-electron chi connectivity index (χ4n) is 3.56. The standard InChI is InChI=1S/C16H24N2O2S/c1-11-3-5-15(12(2)9-11)18-21(19,20)14-4-6-16-13(10-14)7-8-17-16/h4,6,10-12,15,17-18H,3,5,7-9H2,1-2H3. The molecule has 3 unspecified atom stereocenters. The summed E-state index contributed by atoms with van der Waals surface area (Å²) >= 11 is 0. The third kappa shape index (κ3) is 3.09. The zero-order valence-electron chi connectivity index (χ0n) is 12.7. The van der Waals surface area contributed by atoms with Gasteiger partial charge in [-0.1, -0.05) is 13.8 Å². The Morgan fingerprint density at radius 3 is 2.81 bits per heavy atom. The molecular formula is C16H24N2O2S. The number of nitrogens with one attached hydrogen (secondary N) is 2. The average molecular weight is 308 g/mol. The highest BCUT2D eigenvalue weighted by Gasteiger charge is 2.29. The summed E-state index contributed by atoms with van der Waals surface area (Å²) < 4.78 is 28.1. The van der Waals surface area contributed by atoms with Gasteiger partial charge in [-0.05, 0) is 61.3 Å². The van der Waals surface area contributed by atoms with Crippen LogP contribution in [0.4, 0.5) is 5.69 Å². The lowest BCUT2D eigenvalue weighted by atomic mass is 9.80. The fourth-order valence-corrected chi connectivity index (χ4v) is 4.99. The summed E-state index contributed by atoms with van der Waals surface area (Å²) in [5.74, 6) is 1.10. The summed E-state index contributed by atoms with van der Waals surface area (Å²) in [6, 6.07) is 5.46. The fraction of sp³-hybridized carbons (Fsp3) is 0.625. The number of rotatable bonds is 3. The average Bonchev–Trinajstić information content (AvgIpc) is 2.89. The summed E-state index contributed by atoms with van der Waals surface area (Å²) in [5.41, 5.74) is 2.16. The minimum absolute atomic E-state index is 0.0672. The topological polar surface area (TPSA) is 58.2 Å². The lowest BCUT2D eigenvalue weighted by Crippen LogP contribution is -2.42. The molecule has 116 valence electrons. The molecule has 1 aromatic carbocycles. The van der Waals surface area contributed by atoms with E-state index in [-0.39, 0.29) is 6.04 Å². The van der Waals surface area contributed by atoms with Gasteiger partial charge in [-0.2, -0.15) is 0 Å². The Kier molecular flexibility index (Phi) is 3.97. The zero-order valence-corrected chi connectivity index (χ0v) is 13.5. The van der Waals surface area contributed by atoms with E-state index >= 15 is 0 Å². The lowest BCUT2D eigenvalue weighted by molar-refractivity contribution is 0.249. The van der Waals surface area contributed by atoms with Crippen LogP contribution in [0.1, 0.15) is 38.7 Å². The van der Waals surface area contributed by atoms with Crippen LogP contribution in [0.25, 0.3) is 0 Å². The largest absolute Gasteiger partial charge is 0.384 e. The number of hydrogen-bond donors (Lipinski definition) is 2. The van der Waals surface area contributed by atoms with Crippen LogP contribution < -0.4 is 10.0 Å². The molecule has 0 saturated heterocycles. The maximum atomic E-state index is 12.6. The molecule has 1 heterocycles. The van der Waals surface area contributed by atoms with E-state index in [1.807, 2.05) is 12.1 Å². The molecule has 5 heteroatoms. The molecule has 21 heavy (non-hydrogen) atoms. The van der Waals surface area contributed by atoms with E-state index < -0.39 is 10.0 Å². The lowest BCUT2D eigenvalue weighted by Gasteiger charge is -2.32. The molecule has 1 fully saturated rings. The molecule has 4 nitrogen and oxygen atoms in total. The molecule has 1 aliphatic carbocycles. The number of hydrogen-bond acceptors (Lipinski definition) is 3. The van der Waals surface area contributed by atoms with Crippen LogP contribution in [-0.2, 0) is 16.4 Å². The molecule has 3 atom stereocenters. The predicted octanol–water partition coefficient (Wildman–Crippen LogP) is 2.76. The van der Waals surface area contributed by atoms with Gasteiger partial charge in [-0.15, -0.1) is 0 Å². The number of fused-ring (bicyclic) bond motifs is 1. The van der Waals surface area contributed by atoms with Crippen molar-refractivity contribution < 1.29 is 8.42 Å². The van der Waals surface area contributed by atoms with E-state index in [9.17, 15) is 8.42 Å². The first kappa shape index (κ1) is 14.9. The van der Waals surface area contributed by atoms with Gasteiger partial charge in [0, 0.05) is 18.3 Å². The molecule has 0 radical (unpaired) electrons. The second kappa shape index (κ2) is 5.61. The Labute approximate surface area is 127 Å². The van der Waals surface area contributed by atoms with Crippen LogP contribution in [0.3, 0.4) is 0 Å². The van der Waals surface area contributed by atoms with Crippen molar-refractivity contribution >= 4 is 15.7 Å². The van der Waals surface area contributed by atoms with Crippen LogP contribution in [0.5, 0.6) is 0 Å². The summed E-state index contributed by atoms with van der Waals surface area (Å²) in [7, 11) is -3.41. The van der Waals surface area contributed by atoms with Crippen LogP contribution >= 0.6 is 0 Å². The molecule has 0 aromatic heterocycles. The Hall–Kier alpha value is -1.07. The molecule has 0 bridgehead atoms. The van der Waals surface area contributed by atoms with E-state index in [2.05, 4.69) is 23.9 Å². The van der Waals surface area contributed by atoms with Gasteiger partial charge < -0.3 is 5.32 Å². The molecule has 2 N–H and O–H groups in total. The van der Waals surface area contributed by atoms with Gasteiger partial charge in [0.25, 0.3) is 0 Å². The van der Waals surface area contributed by atoms with Gasteiger partial charge in [0.15, 0.2) is 0 Å². The van der Waals surface area contributed by atoms with E-state index in [1.165, 1.54) is 0 Å². The minimum Gasteiger partial charge on any atom is -0.384 e. The van der Waals surface area contributed by atoms with Crippen molar-refractivity contribution in [3.63, 3.8) is 0 Å². The van der Waals surface area contributed by atoms with Crippen molar-refractivity contribution in [2.75, 3.05) is 11.9 Å². The van der Waals surface area contributed by atoms with E-state index in [0.717, 1.165) is 43.5 Å². The SMILES string of the molecule is CC1CCC(NS(=O)(=O)c2ccc3c(c2)CCN3)C(C)C1. The summed E-state index contributed by atoms with van der Waals surface area (Å²) in [5, 5.41) is 3.26. The van der Waals surface area contributed by atoms with Crippen molar-refractivity contribution in [2.24, 2.45) is 11.8 Å². The van der Waals surface area contributed by atoms with Crippen LogP contribution in [0, 0.1) is 11.8 Å². The summed E-state index contributed by atoms with van der Waals surface area (Å²) in [6.45, 7) is 5.29. The molecule has 1 aliphatic heterocycles. The van der Waals surface area contributed by atoms with Gasteiger partial charge in [0.1, 0.15) is 0 Å². The van der Waals surface area contributed by atoms with Crippen molar-refractivity contribution in [2.45, 2.75) is 50.5 Å². The van der Waals surface area contributed by atoms with Gasteiger partial charge in [-0.3, -0.25) is 0 Å². The van der Waals surface area contributed by atoms with E-state index in [4.69, 9.17) is 0 Å². The first-order valence-electron chi connectivity index (χ1n) is 7.85. The molecule has 2 aliphatic rings. The van der Waals surface area contributed by atoms with Crippen LogP contribution in [0.2, 0.25) is 0 Å². The third-order valence-electron chi connectivity index (χ3n) is 4.83. The smallest absolute Gasteiger partial charge is 0.240 e. The molecular weight excluding hydrogens is 284 g/mol.